The highest BCUT2D eigenvalue weighted by molar-refractivity contribution is 7.80. The molecule has 1 aromatic carbocycles. The van der Waals surface area contributed by atoms with E-state index >= 15 is 0 Å². The molecular weight excluding hydrogens is 416 g/mol. The smallest absolute Gasteiger partial charge is 0.225 e. The number of thiocarbonyl (C=S) groups is 1. The molecule has 2 aliphatic rings. The van der Waals surface area contributed by atoms with E-state index in [1.165, 1.54) is 44.9 Å². The molecule has 3 N–H and O–H groups in total. The van der Waals surface area contributed by atoms with Crippen molar-refractivity contribution in [2.75, 3.05) is 24.3 Å². The second-order valence-corrected chi connectivity index (χ2v) is 10.0. The van der Waals surface area contributed by atoms with Crippen LogP contribution in [0.5, 0.6) is 0 Å². The molecule has 2 aliphatic carbocycles. The van der Waals surface area contributed by atoms with Gasteiger partial charge in [0.25, 0.3) is 0 Å². The van der Waals surface area contributed by atoms with E-state index in [9.17, 15) is 0 Å². The van der Waals surface area contributed by atoms with Crippen LogP contribution in [0.2, 0.25) is 0 Å². The zero-order valence-corrected chi connectivity index (χ0v) is 20.4. The van der Waals surface area contributed by atoms with Crippen LogP contribution in [0.15, 0.2) is 24.3 Å². The SMILES string of the molecule is CN(C)c1nc(N[C@H]2CC[C@@H](NC(=S)NC3CCCCCCC3)CC2)nc2ccccc12. The number of nitrogens with one attached hydrogen (secondary N) is 3. The summed E-state index contributed by atoms with van der Waals surface area (Å²) in [6.07, 6.45) is 13.7. The van der Waals surface area contributed by atoms with Gasteiger partial charge in [0, 0.05) is 37.6 Å². The van der Waals surface area contributed by atoms with Crippen LogP contribution in [0.25, 0.3) is 10.9 Å². The zero-order chi connectivity index (χ0) is 22.3. The Balaban J connectivity index is 1.27. The Morgan fingerprint density at radius 1 is 0.812 bits per heavy atom. The van der Waals surface area contributed by atoms with Gasteiger partial charge in [0.2, 0.25) is 5.95 Å². The van der Waals surface area contributed by atoms with Crippen molar-refractivity contribution < 1.29 is 0 Å². The molecule has 174 valence electrons. The molecule has 0 unspecified atom stereocenters. The molecule has 2 fully saturated rings. The average Bonchev–Trinajstić information content (AvgIpc) is 2.76. The quantitative estimate of drug-likeness (QED) is 0.550. The molecule has 2 aromatic rings. The highest BCUT2D eigenvalue weighted by Gasteiger charge is 2.23. The van der Waals surface area contributed by atoms with Gasteiger partial charge in [0.1, 0.15) is 5.82 Å². The maximum absolute atomic E-state index is 5.65. The van der Waals surface area contributed by atoms with Gasteiger partial charge in [-0.15, -0.1) is 0 Å². The first kappa shape index (κ1) is 23.0. The van der Waals surface area contributed by atoms with E-state index < -0.39 is 0 Å². The van der Waals surface area contributed by atoms with Crippen molar-refractivity contribution >= 4 is 40.0 Å². The molecule has 0 saturated heterocycles. The summed E-state index contributed by atoms with van der Waals surface area (Å²) >= 11 is 5.65. The van der Waals surface area contributed by atoms with Crippen molar-refractivity contribution in [2.24, 2.45) is 0 Å². The number of aromatic nitrogens is 2. The van der Waals surface area contributed by atoms with Crippen molar-refractivity contribution in [1.82, 2.24) is 20.6 Å². The Bertz CT molecular complexity index is 885. The van der Waals surface area contributed by atoms with E-state index in [0.29, 0.717) is 18.1 Å². The van der Waals surface area contributed by atoms with Crippen LogP contribution in [-0.4, -0.2) is 47.3 Å². The molecule has 0 bridgehead atoms. The van der Waals surface area contributed by atoms with E-state index in [1.807, 2.05) is 26.2 Å². The fourth-order valence-electron chi connectivity index (χ4n) is 5.04. The number of nitrogens with zero attached hydrogens (tertiary/aromatic N) is 3. The minimum atomic E-state index is 0.399. The van der Waals surface area contributed by atoms with Gasteiger partial charge in [0.15, 0.2) is 5.11 Å². The maximum atomic E-state index is 5.65. The first-order chi connectivity index (χ1) is 15.6. The summed E-state index contributed by atoms with van der Waals surface area (Å²) in [5, 5.41) is 12.7. The standard InChI is InChI=1S/C25H38N6S/c1-31(2)23-21-12-8-9-13-22(21)29-24(30-23)26-19-14-16-20(17-15-19)28-25(32)27-18-10-6-4-3-5-7-11-18/h8-9,12-13,18-20H,3-7,10-11,14-17H2,1-2H3,(H,26,29,30)(H2,27,28,32)/t19-,20+. The monoisotopic (exact) mass is 454 g/mol. The molecule has 2 saturated carbocycles. The zero-order valence-electron chi connectivity index (χ0n) is 19.6. The van der Waals surface area contributed by atoms with E-state index in [4.69, 9.17) is 22.2 Å². The number of benzene rings is 1. The van der Waals surface area contributed by atoms with Crippen LogP contribution < -0.4 is 20.9 Å². The lowest BCUT2D eigenvalue weighted by atomic mass is 9.91. The molecule has 0 radical (unpaired) electrons. The minimum absolute atomic E-state index is 0.399. The van der Waals surface area contributed by atoms with E-state index in [-0.39, 0.29) is 0 Å². The van der Waals surface area contributed by atoms with Crippen molar-refractivity contribution in [3.8, 4) is 0 Å². The molecule has 6 nitrogen and oxygen atoms in total. The normalized spacial score (nSPS) is 22.6. The average molecular weight is 455 g/mol. The van der Waals surface area contributed by atoms with Crippen LogP contribution in [0, 0.1) is 0 Å². The number of para-hydroxylation sites is 1. The lowest BCUT2D eigenvalue weighted by Gasteiger charge is -2.31. The van der Waals surface area contributed by atoms with Crippen LogP contribution in [0.4, 0.5) is 11.8 Å². The number of hydrogen-bond donors (Lipinski definition) is 3. The minimum Gasteiger partial charge on any atom is -0.362 e. The summed E-state index contributed by atoms with van der Waals surface area (Å²) in [6, 6.07) is 9.61. The predicted octanol–water partition coefficient (Wildman–Crippen LogP) is 5.00. The summed E-state index contributed by atoms with van der Waals surface area (Å²) in [6.45, 7) is 0. The lowest BCUT2D eigenvalue weighted by molar-refractivity contribution is 0.379. The van der Waals surface area contributed by atoms with E-state index in [2.05, 4.69) is 33.0 Å². The Labute approximate surface area is 198 Å². The summed E-state index contributed by atoms with van der Waals surface area (Å²) in [7, 11) is 4.06. The first-order valence-corrected chi connectivity index (χ1v) is 12.8. The van der Waals surface area contributed by atoms with Crippen molar-refractivity contribution in [3.63, 3.8) is 0 Å². The Morgan fingerprint density at radius 2 is 1.41 bits per heavy atom. The number of rotatable bonds is 5. The van der Waals surface area contributed by atoms with Crippen LogP contribution in [0.3, 0.4) is 0 Å². The molecule has 0 aliphatic heterocycles. The Kier molecular flexibility index (Phi) is 8.00. The Morgan fingerprint density at radius 3 is 2.09 bits per heavy atom. The summed E-state index contributed by atoms with van der Waals surface area (Å²) < 4.78 is 0. The largest absolute Gasteiger partial charge is 0.362 e. The molecule has 1 heterocycles. The van der Waals surface area contributed by atoms with Gasteiger partial charge in [-0.1, -0.05) is 44.2 Å². The topological polar surface area (TPSA) is 65.1 Å². The third-order valence-electron chi connectivity index (χ3n) is 6.84. The molecule has 32 heavy (non-hydrogen) atoms. The van der Waals surface area contributed by atoms with Crippen molar-refractivity contribution in [2.45, 2.75) is 88.8 Å². The summed E-state index contributed by atoms with van der Waals surface area (Å²) in [5.41, 5.74) is 0.981. The van der Waals surface area contributed by atoms with E-state index in [1.54, 1.807) is 0 Å². The van der Waals surface area contributed by atoms with Gasteiger partial charge < -0.3 is 20.9 Å². The van der Waals surface area contributed by atoms with Crippen LogP contribution in [0.1, 0.15) is 70.6 Å². The number of hydrogen-bond acceptors (Lipinski definition) is 5. The van der Waals surface area contributed by atoms with Crippen molar-refractivity contribution in [1.29, 1.82) is 0 Å². The third-order valence-corrected chi connectivity index (χ3v) is 7.08. The van der Waals surface area contributed by atoms with Gasteiger partial charge in [-0.2, -0.15) is 4.98 Å². The first-order valence-electron chi connectivity index (χ1n) is 12.4. The molecule has 0 spiro atoms. The highest BCUT2D eigenvalue weighted by atomic mass is 32.1. The lowest BCUT2D eigenvalue weighted by Crippen LogP contribution is -2.48. The molecule has 7 heteroatoms. The van der Waals surface area contributed by atoms with Crippen LogP contribution in [-0.2, 0) is 0 Å². The summed E-state index contributed by atoms with van der Waals surface area (Å²) in [5.74, 6) is 1.68. The van der Waals surface area contributed by atoms with Gasteiger partial charge >= 0.3 is 0 Å². The molecule has 1 aromatic heterocycles. The fourth-order valence-corrected chi connectivity index (χ4v) is 5.38. The highest BCUT2D eigenvalue weighted by Crippen LogP contribution is 2.26. The Hall–Kier alpha value is -2.15. The predicted molar refractivity (Wildman–Crippen MR) is 139 cm³/mol. The van der Waals surface area contributed by atoms with Crippen LogP contribution >= 0.6 is 12.2 Å². The van der Waals surface area contributed by atoms with Gasteiger partial charge in [-0.05, 0) is 62.9 Å². The molecular formula is C25H38N6S. The maximum Gasteiger partial charge on any atom is 0.225 e. The molecule has 4 rings (SSSR count). The number of anilines is 2. The third kappa shape index (κ3) is 6.21. The second-order valence-electron chi connectivity index (χ2n) is 9.64. The second kappa shape index (κ2) is 11.1. The van der Waals surface area contributed by atoms with E-state index in [0.717, 1.165) is 53.5 Å². The summed E-state index contributed by atoms with van der Waals surface area (Å²) in [4.78, 5) is 11.6. The molecule has 0 atom stereocenters. The molecule has 0 amide bonds. The van der Waals surface area contributed by atoms with Gasteiger partial charge in [-0.25, -0.2) is 4.98 Å². The van der Waals surface area contributed by atoms with Crippen molar-refractivity contribution in [3.05, 3.63) is 24.3 Å². The number of fused-ring (bicyclic) bond motifs is 1. The van der Waals surface area contributed by atoms with Gasteiger partial charge in [-0.3, -0.25) is 0 Å². The van der Waals surface area contributed by atoms with Gasteiger partial charge in [0.05, 0.1) is 5.52 Å². The fraction of sp³-hybridized carbons (Fsp3) is 0.640.